The molecule has 4 heteroatoms. The first kappa shape index (κ1) is 16.0. The molecular formula is C15H23BrN2O. The SMILES string of the molecule is Cc1cc(NCCC(=O)NCCC(C)C)ccc1Br. The molecule has 1 rings (SSSR count). The average Bonchev–Trinajstić information content (AvgIpc) is 2.33. The van der Waals surface area contributed by atoms with Gasteiger partial charge in [-0.15, -0.1) is 0 Å². The van der Waals surface area contributed by atoms with Crippen LogP contribution >= 0.6 is 15.9 Å². The molecule has 0 unspecified atom stereocenters. The fourth-order valence-electron chi connectivity index (χ4n) is 1.66. The number of carbonyl (C=O) groups excluding carboxylic acids is 1. The van der Waals surface area contributed by atoms with E-state index in [1.54, 1.807) is 0 Å². The van der Waals surface area contributed by atoms with Gasteiger partial charge in [0.15, 0.2) is 0 Å². The van der Waals surface area contributed by atoms with Gasteiger partial charge in [0.25, 0.3) is 0 Å². The topological polar surface area (TPSA) is 41.1 Å². The first-order valence-corrected chi connectivity index (χ1v) is 7.55. The maximum atomic E-state index is 11.6. The van der Waals surface area contributed by atoms with Crippen molar-refractivity contribution in [3.05, 3.63) is 28.2 Å². The number of aryl methyl sites for hydroxylation is 1. The highest BCUT2D eigenvalue weighted by Crippen LogP contribution is 2.19. The lowest BCUT2D eigenvalue weighted by atomic mass is 10.1. The molecule has 0 fully saturated rings. The summed E-state index contributed by atoms with van der Waals surface area (Å²) in [7, 11) is 0. The third kappa shape index (κ3) is 6.62. The van der Waals surface area contributed by atoms with Gasteiger partial charge in [0.05, 0.1) is 0 Å². The predicted molar refractivity (Wildman–Crippen MR) is 84.5 cm³/mol. The van der Waals surface area contributed by atoms with Crippen molar-refractivity contribution in [3.8, 4) is 0 Å². The van der Waals surface area contributed by atoms with Crippen molar-refractivity contribution in [1.29, 1.82) is 0 Å². The summed E-state index contributed by atoms with van der Waals surface area (Å²) < 4.78 is 1.10. The molecule has 0 spiro atoms. The highest BCUT2D eigenvalue weighted by Gasteiger charge is 2.02. The number of hydrogen-bond donors (Lipinski definition) is 2. The van der Waals surface area contributed by atoms with Gasteiger partial charge in [0.2, 0.25) is 5.91 Å². The Labute approximate surface area is 124 Å². The molecule has 0 heterocycles. The first-order chi connectivity index (χ1) is 8.99. The summed E-state index contributed by atoms with van der Waals surface area (Å²) in [6, 6.07) is 6.09. The van der Waals surface area contributed by atoms with E-state index in [1.807, 2.05) is 19.1 Å². The van der Waals surface area contributed by atoms with Crippen LogP contribution in [0, 0.1) is 12.8 Å². The third-order valence-corrected chi connectivity index (χ3v) is 3.77. The van der Waals surface area contributed by atoms with Crippen molar-refractivity contribution in [3.63, 3.8) is 0 Å². The van der Waals surface area contributed by atoms with Gasteiger partial charge in [-0.1, -0.05) is 29.8 Å². The standard InChI is InChI=1S/C15H23BrN2O/c1-11(2)6-8-18-15(19)7-9-17-13-4-5-14(16)12(3)10-13/h4-5,10-11,17H,6-9H2,1-3H3,(H,18,19). The van der Waals surface area contributed by atoms with Crippen LogP contribution in [0.5, 0.6) is 0 Å². The molecular weight excluding hydrogens is 304 g/mol. The Morgan fingerprint density at radius 3 is 2.68 bits per heavy atom. The number of hydrogen-bond acceptors (Lipinski definition) is 2. The molecule has 1 aromatic carbocycles. The molecule has 1 amide bonds. The normalized spacial score (nSPS) is 10.6. The lowest BCUT2D eigenvalue weighted by molar-refractivity contribution is -0.120. The van der Waals surface area contributed by atoms with Crippen LogP contribution in [0.4, 0.5) is 5.69 Å². The van der Waals surface area contributed by atoms with Gasteiger partial charge in [-0.3, -0.25) is 4.79 Å². The van der Waals surface area contributed by atoms with Crippen LogP contribution in [-0.2, 0) is 4.79 Å². The van der Waals surface area contributed by atoms with E-state index in [9.17, 15) is 4.79 Å². The molecule has 0 saturated heterocycles. The Kier molecular flexibility index (Phi) is 6.92. The van der Waals surface area contributed by atoms with E-state index < -0.39 is 0 Å². The molecule has 3 nitrogen and oxygen atoms in total. The Morgan fingerprint density at radius 2 is 2.05 bits per heavy atom. The van der Waals surface area contributed by atoms with Gasteiger partial charge in [0.1, 0.15) is 0 Å². The largest absolute Gasteiger partial charge is 0.385 e. The second-order valence-corrected chi connectivity index (χ2v) is 6.03. The Morgan fingerprint density at radius 1 is 1.32 bits per heavy atom. The monoisotopic (exact) mass is 326 g/mol. The van der Waals surface area contributed by atoms with E-state index >= 15 is 0 Å². The molecule has 0 aliphatic heterocycles. The maximum Gasteiger partial charge on any atom is 0.221 e. The number of rotatable bonds is 7. The second-order valence-electron chi connectivity index (χ2n) is 5.17. The second kappa shape index (κ2) is 8.20. The summed E-state index contributed by atoms with van der Waals surface area (Å²) in [6.07, 6.45) is 1.54. The molecule has 0 atom stereocenters. The van der Waals surface area contributed by atoms with E-state index in [1.165, 1.54) is 5.56 Å². The smallest absolute Gasteiger partial charge is 0.221 e. The maximum absolute atomic E-state index is 11.6. The molecule has 19 heavy (non-hydrogen) atoms. The zero-order valence-corrected chi connectivity index (χ0v) is 13.5. The number of amides is 1. The fourth-order valence-corrected chi connectivity index (χ4v) is 1.91. The van der Waals surface area contributed by atoms with Crippen molar-refractivity contribution < 1.29 is 4.79 Å². The van der Waals surface area contributed by atoms with Crippen LogP contribution in [0.3, 0.4) is 0 Å². The van der Waals surface area contributed by atoms with E-state index in [-0.39, 0.29) is 5.91 Å². The van der Waals surface area contributed by atoms with Crippen LogP contribution in [0.2, 0.25) is 0 Å². The minimum absolute atomic E-state index is 0.113. The lowest BCUT2D eigenvalue weighted by Gasteiger charge is -2.09. The van der Waals surface area contributed by atoms with E-state index in [2.05, 4.69) is 46.5 Å². The lowest BCUT2D eigenvalue weighted by Crippen LogP contribution is -2.27. The molecule has 0 aromatic heterocycles. The third-order valence-electron chi connectivity index (χ3n) is 2.88. The number of benzene rings is 1. The Balaban J connectivity index is 2.22. The molecule has 0 aliphatic carbocycles. The van der Waals surface area contributed by atoms with Gasteiger partial charge >= 0.3 is 0 Å². The van der Waals surface area contributed by atoms with Crippen LogP contribution in [-0.4, -0.2) is 19.0 Å². The van der Waals surface area contributed by atoms with Crippen molar-refractivity contribution in [2.45, 2.75) is 33.6 Å². The Bertz CT molecular complexity index is 419. The number of anilines is 1. The van der Waals surface area contributed by atoms with Crippen molar-refractivity contribution in [2.24, 2.45) is 5.92 Å². The molecule has 0 aliphatic rings. The summed E-state index contributed by atoms with van der Waals surface area (Å²) in [5.41, 5.74) is 2.24. The van der Waals surface area contributed by atoms with Crippen LogP contribution in [0.1, 0.15) is 32.3 Å². The summed E-state index contributed by atoms with van der Waals surface area (Å²) >= 11 is 3.47. The highest BCUT2D eigenvalue weighted by atomic mass is 79.9. The number of nitrogens with one attached hydrogen (secondary N) is 2. The summed E-state index contributed by atoms with van der Waals surface area (Å²) in [5.74, 6) is 0.742. The molecule has 0 bridgehead atoms. The molecule has 1 aromatic rings. The van der Waals surface area contributed by atoms with Gasteiger partial charge in [-0.25, -0.2) is 0 Å². The fraction of sp³-hybridized carbons (Fsp3) is 0.533. The molecule has 2 N–H and O–H groups in total. The van der Waals surface area contributed by atoms with Crippen LogP contribution in [0.25, 0.3) is 0 Å². The zero-order chi connectivity index (χ0) is 14.3. The van der Waals surface area contributed by atoms with Crippen molar-refractivity contribution >= 4 is 27.5 Å². The van der Waals surface area contributed by atoms with E-state index in [0.717, 1.165) is 23.1 Å². The van der Waals surface area contributed by atoms with E-state index in [0.29, 0.717) is 18.9 Å². The van der Waals surface area contributed by atoms with Gasteiger partial charge in [-0.05, 0) is 43.0 Å². The van der Waals surface area contributed by atoms with Gasteiger partial charge in [-0.2, -0.15) is 0 Å². The number of halogens is 1. The minimum atomic E-state index is 0.113. The zero-order valence-electron chi connectivity index (χ0n) is 11.9. The van der Waals surface area contributed by atoms with Gasteiger partial charge < -0.3 is 10.6 Å². The predicted octanol–water partition coefficient (Wildman–Crippen LogP) is 3.72. The van der Waals surface area contributed by atoms with Gasteiger partial charge in [0, 0.05) is 29.7 Å². The summed E-state index contributed by atoms with van der Waals surface area (Å²) in [6.45, 7) is 7.80. The quantitative estimate of drug-likeness (QED) is 0.801. The van der Waals surface area contributed by atoms with Crippen LogP contribution in [0.15, 0.2) is 22.7 Å². The first-order valence-electron chi connectivity index (χ1n) is 6.75. The molecule has 0 radical (unpaired) electrons. The Hall–Kier alpha value is -1.03. The van der Waals surface area contributed by atoms with Crippen molar-refractivity contribution in [2.75, 3.05) is 18.4 Å². The highest BCUT2D eigenvalue weighted by molar-refractivity contribution is 9.10. The van der Waals surface area contributed by atoms with Crippen molar-refractivity contribution in [1.82, 2.24) is 5.32 Å². The summed E-state index contributed by atoms with van der Waals surface area (Å²) in [4.78, 5) is 11.6. The summed E-state index contributed by atoms with van der Waals surface area (Å²) in [5, 5.41) is 6.20. The van der Waals surface area contributed by atoms with Crippen LogP contribution < -0.4 is 10.6 Å². The molecule has 106 valence electrons. The van der Waals surface area contributed by atoms with E-state index in [4.69, 9.17) is 0 Å². The molecule has 0 saturated carbocycles. The minimum Gasteiger partial charge on any atom is -0.385 e. The number of carbonyl (C=O) groups is 1. The average molecular weight is 327 g/mol.